The van der Waals surface area contributed by atoms with Gasteiger partial charge in [0.15, 0.2) is 0 Å². The molecule has 0 bridgehead atoms. The van der Waals surface area contributed by atoms with Crippen LogP contribution < -0.4 is 5.73 Å². The number of hydrogen-bond donors (Lipinski definition) is 1. The fourth-order valence-corrected chi connectivity index (χ4v) is 2.73. The molecule has 21 heavy (non-hydrogen) atoms. The van der Waals surface area contributed by atoms with E-state index in [0.717, 1.165) is 37.9 Å². The van der Waals surface area contributed by atoms with Crippen molar-refractivity contribution in [3.05, 3.63) is 52.8 Å². The molecule has 2 rings (SSSR count). The first-order chi connectivity index (χ1) is 10.1. The average molecular weight is 285 g/mol. The molecule has 0 aliphatic carbocycles. The van der Waals surface area contributed by atoms with Gasteiger partial charge in [0.05, 0.1) is 5.69 Å². The Kier molecular flexibility index (Phi) is 5.57. The van der Waals surface area contributed by atoms with Crippen LogP contribution in [0.3, 0.4) is 0 Å². The Morgan fingerprint density at radius 2 is 1.90 bits per heavy atom. The second kappa shape index (κ2) is 7.41. The van der Waals surface area contributed by atoms with E-state index < -0.39 is 0 Å². The van der Waals surface area contributed by atoms with E-state index in [9.17, 15) is 0 Å². The molecule has 0 saturated carbocycles. The summed E-state index contributed by atoms with van der Waals surface area (Å²) in [6, 6.07) is 10.9. The molecule has 3 nitrogen and oxygen atoms in total. The molecule has 114 valence electrons. The van der Waals surface area contributed by atoms with Crippen LogP contribution in [0.5, 0.6) is 0 Å². The predicted octanol–water partition coefficient (Wildman–Crippen LogP) is 3.41. The highest BCUT2D eigenvalue weighted by Gasteiger charge is 2.13. The smallest absolute Gasteiger partial charge is 0.0629 e. The fourth-order valence-electron chi connectivity index (χ4n) is 2.73. The Labute approximate surface area is 128 Å². The van der Waals surface area contributed by atoms with Crippen molar-refractivity contribution in [1.82, 2.24) is 9.78 Å². The summed E-state index contributed by atoms with van der Waals surface area (Å²) >= 11 is 0. The van der Waals surface area contributed by atoms with Crippen molar-refractivity contribution in [3.8, 4) is 0 Å². The van der Waals surface area contributed by atoms with Gasteiger partial charge in [-0.2, -0.15) is 5.10 Å². The molecule has 3 heteroatoms. The molecule has 0 saturated heterocycles. The minimum Gasteiger partial charge on any atom is -0.327 e. The fraction of sp³-hybridized carbons (Fsp3) is 0.500. The van der Waals surface area contributed by atoms with E-state index in [1.165, 1.54) is 16.8 Å². The van der Waals surface area contributed by atoms with Crippen LogP contribution in [0.25, 0.3) is 0 Å². The lowest BCUT2D eigenvalue weighted by Gasteiger charge is -2.09. The van der Waals surface area contributed by atoms with Crippen molar-refractivity contribution in [1.29, 1.82) is 0 Å². The van der Waals surface area contributed by atoms with Gasteiger partial charge in [0.2, 0.25) is 0 Å². The monoisotopic (exact) mass is 285 g/mol. The lowest BCUT2D eigenvalue weighted by molar-refractivity contribution is 0.560. The molecule has 0 spiro atoms. The highest BCUT2D eigenvalue weighted by molar-refractivity contribution is 5.25. The number of rotatable bonds is 7. The van der Waals surface area contributed by atoms with Crippen molar-refractivity contribution in [2.24, 2.45) is 5.73 Å². The summed E-state index contributed by atoms with van der Waals surface area (Å²) in [4.78, 5) is 0. The summed E-state index contributed by atoms with van der Waals surface area (Å²) in [5.74, 6) is 0. The van der Waals surface area contributed by atoms with E-state index >= 15 is 0 Å². The van der Waals surface area contributed by atoms with Crippen LogP contribution in [0, 0.1) is 13.8 Å². The number of hydrogen-bond acceptors (Lipinski definition) is 2. The first kappa shape index (κ1) is 15.8. The Hall–Kier alpha value is -1.61. The van der Waals surface area contributed by atoms with Crippen LogP contribution in [0.2, 0.25) is 0 Å². The van der Waals surface area contributed by atoms with Gasteiger partial charge in [-0.15, -0.1) is 0 Å². The largest absolute Gasteiger partial charge is 0.327 e. The van der Waals surface area contributed by atoms with Gasteiger partial charge < -0.3 is 5.73 Å². The van der Waals surface area contributed by atoms with Gasteiger partial charge in [0.25, 0.3) is 0 Å². The maximum absolute atomic E-state index is 6.09. The molecule has 1 heterocycles. The molecule has 2 N–H and O–H groups in total. The minimum atomic E-state index is 0.240. The standard InChI is InChI=1S/C18H27N3/c1-4-17(19)13-18-14(2)20-21(15(18)3)12-8-11-16-9-6-5-7-10-16/h5-7,9-10,17H,4,8,11-13,19H2,1-3H3. The van der Waals surface area contributed by atoms with E-state index in [-0.39, 0.29) is 6.04 Å². The van der Waals surface area contributed by atoms with Crippen molar-refractivity contribution >= 4 is 0 Å². The molecule has 0 aliphatic rings. The topological polar surface area (TPSA) is 43.8 Å². The number of aryl methyl sites for hydroxylation is 3. The quantitative estimate of drug-likeness (QED) is 0.847. The molecule has 1 unspecified atom stereocenters. The van der Waals surface area contributed by atoms with Crippen molar-refractivity contribution < 1.29 is 0 Å². The molecule has 0 radical (unpaired) electrons. The average Bonchev–Trinajstić information content (AvgIpc) is 2.76. The Balaban J connectivity index is 1.96. The minimum absolute atomic E-state index is 0.240. The summed E-state index contributed by atoms with van der Waals surface area (Å²) in [7, 11) is 0. The van der Waals surface area contributed by atoms with Crippen LogP contribution in [-0.2, 0) is 19.4 Å². The second-order valence-electron chi connectivity index (χ2n) is 5.83. The SMILES string of the molecule is CCC(N)Cc1c(C)nn(CCCc2ccccc2)c1C. The van der Waals surface area contributed by atoms with Crippen molar-refractivity contribution in [2.75, 3.05) is 0 Å². The van der Waals surface area contributed by atoms with Crippen molar-refractivity contribution in [2.45, 2.75) is 59.0 Å². The molecule has 1 aromatic carbocycles. The van der Waals surface area contributed by atoms with Gasteiger partial charge in [0, 0.05) is 18.3 Å². The van der Waals surface area contributed by atoms with Gasteiger partial charge >= 0.3 is 0 Å². The van der Waals surface area contributed by atoms with Crippen LogP contribution in [-0.4, -0.2) is 15.8 Å². The molecule has 0 aliphatic heterocycles. The summed E-state index contributed by atoms with van der Waals surface area (Å²) in [6.45, 7) is 7.38. The van der Waals surface area contributed by atoms with Gasteiger partial charge in [-0.25, -0.2) is 0 Å². The van der Waals surface area contributed by atoms with E-state index in [0.29, 0.717) is 0 Å². The van der Waals surface area contributed by atoms with Gasteiger partial charge in [-0.3, -0.25) is 4.68 Å². The Bertz CT molecular complexity index is 557. The van der Waals surface area contributed by atoms with Crippen molar-refractivity contribution in [3.63, 3.8) is 0 Å². The number of nitrogens with zero attached hydrogens (tertiary/aromatic N) is 2. The molecule has 1 aromatic heterocycles. The highest BCUT2D eigenvalue weighted by atomic mass is 15.3. The first-order valence-corrected chi connectivity index (χ1v) is 7.94. The zero-order valence-corrected chi connectivity index (χ0v) is 13.5. The Morgan fingerprint density at radius 1 is 1.19 bits per heavy atom. The first-order valence-electron chi connectivity index (χ1n) is 7.94. The lowest BCUT2D eigenvalue weighted by atomic mass is 10.0. The maximum atomic E-state index is 6.09. The zero-order valence-electron chi connectivity index (χ0n) is 13.5. The molecule has 2 aromatic rings. The molecule has 0 fully saturated rings. The second-order valence-corrected chi connectivity index (χ2v) is 5.83. The van der Waals surface area contributed by atoms with E-state index in [2.05, 4.69) is 60.9 Å². The molecular weight excluding hydrogens is 258 g/mol. The Morgan fingerprint density at radius 3 is 2.57 bits per heavy atom. The summed E-state index contributed by atoms with van der Waals surface area (Å²) in [5, 5.41) is 4.69. The van der Waals surface area contributed by atoms with E-state index in [1.54, 1.807) is 0 Å². The molecular formula is C18H27N3. The van der Waals surface area contributed by atoms with E-state index in [4.69, 9.17) is 5.73 Å². The third-order valence-corrected chi connectivity index (χ3v) is 4.20. The molecule has 0 amide bonds. The summed E-state index contributed by atoms with van der Waals surface area (Å²) in [5.41, 5.74) is 11.2. The summed E-state index contributed by atoms with van der Waals surface area (Å²) in [6.07, 6.45) is 4.17. The van der Waals surface area contributed by atoms with Crippen LogP contribution in [0.4, 0.5) is 0 Å². The van der Waals surface area contributed by atoms with Crippen LogP contribution in [0.1, 0.15) is 42.3 Å². The number of aromatic nitrogens is 2. The molecule has 1 atom stereocenters. The van der Waals surface area contributed by atoms with Gasteiger partial charge in [-0.05, 0) is 50.7 Å². The van der Waals surface area contributed by atoms with Crippen LogP contribution in [0.15, 0.2) is 30.3 Å². The highest BCUT2D eigenvalue weighted by Crippen LogP contribution is 2.16. The van der Waals surface area contributed by atoms with Gasteiger partial charge in [-0.1, -0.05) is 37.3 Å². The van der Waals surface area contributed by atoms with Gasteiger partial charge in [0.1, 0.15) is 0 Å². The number of nitrogens with two attached hydrogens (primary N) is 1. The zero-order chi connectivity index (χ0) is 15.2. The van der Waals surface area contributed by atoms with Crippen LogP contribution >= 0.6 is 0 Å². The normalized spacial score (nSPS) is 12.6. The number of benzene rings is 1. The lowest BCUT2D eigenvalue weighted by Crippen LogP contribution is -2.22. The third-order valence-electron chi connectivity index (χ3n) is 4.20. The van der Waals surface area contributed by atoms with E-state index in [1.807, 2.05) is 0 Å². The third kappa shape index (κ3) is 4.18. The maximum Gasteiger partial charge on any atom is 0.0629 e. The predicted molar refractivity (Wildman–Crippen MR) is 88.4 cm³/mol. The summed E-state index contributed by atoms with van der Waals surface area (Å²) < 4.78 is 2.15.